The Morgan fingerprint density at radius 2 is 1.89 bits per heavy atom. The summed E-state index contributed by atoms with van der Waals surface area (Å²) in [5.74, 6) is -2.26. The Hall–Kier alpha value is -3.97. The zero-order chi connectivity index (χ0) is 25.5. The number of rotatable bonds is 10. The maximum absolute atomic E-state index is 13.8. The van der Waals surface area contributed by atoms with Crippen LogP contribution in [0.3, 0.4) is 0 Å². The Morgan fingerprint density at radius 3 is 2.43 bits per heavy atom. The second-order valence-corrected chi connectivity index (χ2v) is 8.70. The van der Waals surface area contributed by atoms with E-state index in [1.54, 1.807) is 48.7 Å². The van der Waals surface area contributed by atoms with E-state index in [0.29, 0.717) is 27.8 Å². The molecule has 13 heteroatoms. The number of nitrogen functional groups attached to an aromatic ring is 1. The minimum atomic E-state index is -1.18. The third kappa shape index (κ3) is 5.75. The van der Waals surface area contributed by atoms with E-state index in [0.717, 1.165) is 0 Å². The van der Waals surface area contributed by atoms with Gasteiger partial charge in [0, 0.05) is 10.6 Å². The number of amides is 3. The molecule has 5 N–H and O–H groups in total. The lowest BCUT2D eigenvalue weighted by Crippen LogP contribution is -2.45. The van der Waals surface area contributed by atoms with Crippen LogP contribution in [0, 0.1) is 0 Å². The van der Waals surface area contributed by atoms with Crippen LogP contribution in [0.5, 0.6) is 5.75 Å². The summed E-state index contributed by atoms with van der Waals surface area (Å²) in [7, 11) is 1.50. The largest absolute Gasteiger partial charge is 0.497 e. The van der Waals surface area contributed by atoms with Crippen LogP contribution < -0.4 is 26.4 Å². The molecule has 0 bridgehead atoms. The molecule has 35 heavy (non-hydrogen) atoms. The number of aromatic nitrogens is 1. The fourth-order valence-corrected chi connectivity index (χ4v) is 4.71. The van der Waals surface area contributed by atoms with Crippen molar-refractivity contribution in [3.8, 4) is 5.75 Å². The van der Waals surface area contributed by atoms with Gasteiger partial charge in [-0.05, 0) is 54.2 Å². The summed E-state index contributed by atoms with van der Waals surface area (Å²) in [6.45, 7) is 1.43. The summed E-state index contributed by atoms with van der Waals surface area (Å²) in [6, 6.07) is 8.70. The Morgan fingerprint density at radius 1 is 1.17 bits per heavy atom. The molecule has 0 aliphatic rings. The number of esters is 1. The van der Waals surface area contributed by atoms with E-state index in [-0.39, 0.29) is 29.4 Å². The van der Waals surface area contributed by atoms with Crippen LogP contribution in [-0.2, 0) is 14.3 Å². The van der Waals surface area contributed by atoms with Crippen LogP contribution in [0.15, 0.2) is 41.8 Å². The zero-order valence-electron chi connectivity index (χ0n) is 18.8. The monoisotopic (exact) mass is 517 g/mol. The first-order chi connectivity index (χ1) is 16.8. The van der Waals surface area contributed by atoms with Gasteiger partial charge in [0.15, 0.2) is 11.7 Å². The summed E-state index contributed by atoms with van der Waals surface area (Å²) in [5, 5.41) is 4.28. The molecule has 0 aliphatic carbocycles. The van der Waals surface area contributed by atoms with Gasteiger partial charge in [-0.25, -0.2) is 0 Å². The predicted octanol–water partition coefficient (Wildman–Crippen LogP) is 1.96. The lowest BCUT2D eigenvalue weighted by molar-refractivity contribution is -0.143. The van der Waals surface area contributed by atoms with Crippen molar-refractivity contribution in [1.29, 1.82) is 0 Å². The number of nitrogens with zero attached hydrogens (tertiary/aromatic N) is 2. The number of ether oxygens (including phenoxy) is 2. The number of nitrogens with two attached hydrogens (primary N) is 2. The SMILES string of the molecule is CCOC(=O)CNC(=O)[C@H](c1cccs1)N(C(=O)c1snc(C(N)=O)c1N)c1ccc(OC)cc1. The topological polar surface area (TPSA) is 167 Å². The summed E-state index contributed by atoms with van der Waals surface area (Å²) < 4.78 is 14.0. The molecule has 0 saturated heterocycles. The number of carbonyl (C=O) groups excluding carboxylic acids is 4. The number of primary amides is 1. The minimum absolute atomic E-state index is 0.0608. The van der Waals surface area contributed by atoms with Gasteiger partial charge in [-0.1, -0.05) is 6.07 Å². The molecule has 1 aromatic carbocycles. The summed E-state index contributed by atoms with van der Waals surface area (Å²) in [5.41, 5.74) is 11.3. The van der Waals surface area contributed by atoms with Gasteiger partial charge in [0.1, 0.15) is 17.2 Å². The third-order valence-corrected chi connectivity index (χ3v) is 6.53. The summed E-state index contributed by atoms with van der Waals surface area (Å²) >= 11 is 1.95. The molecule has 2 aromatic heterocycles. The second-order valence-electron chi connectivity index (χ2n) is 6.95. The van der Waals surface area contributed by atoms with Gasteiger partial charge in [0.2, 0.25) is 5.91 Å². The van der Waals surface area contributed by atoms with Gasteiger partial charge in [-0.3, -0.25) is 24.1 Å². The van der Waals surface area contributed by atoms with E-state index in [4.69, 9.17) is 20.9 Å². The lowest BCUT2D eigenvalue weighted by Gasteiger charge is -2.30. The zero-order valence-corrected chi connectivity index (χ0v) is 20.5. The molecule has 0 spiro atoms. The minimum Gasteiger partial charge on any atom is -0.497 e. The van der Waals surface area contributed by atoms with Crippen LogP contribution in [0.4, 0.5) is 11.4 Å². The predicted molar refractivity (Wildman–Crippen MR) is 132 cm³/mol. The maximum atomic E-state index is 13.8. The normalized spacial score (nSPS) is 11.4. The fourth-order valence-electron chi connectivity index (χ4n) is 3.15. The van der Waals surface area contributed by atoms with E-state index in [1.807, 2.05) is 0 Å². The van der Waals surface area contributed by atoms with Gasteiger partial charge in [-0.2, -0.15) is 4.37 Å². The van der Waals surface area contributed by atoms with Crippen molar-refractivity contribution in [2.45, 2.75) is 13.0 Å². The Balaban J connectivity index is 2.09. The molecule has 0 fully saturated rings. The molecule has 2 heterocycles. The molecular weight excluding hydrogens is 494 g/mol. The van der Waals surface area contributed by atoms with Gasteiger partial charge >= 0.3 is 5.97 Å². The standard InChI is InChI=1S/C22H23N5O6S2/c1-3-33-15(28)11-25-21(30)18(14-5-4-10-34-14)27(12-6-8-13(32-2)9-7-12)22(31)19-16(23)17(20(24)29)26-35-19/h4-10,18H,3,11,23H2,1-2H3,(H2,24,29)(H,25,30)/t18-/m0/s1. The Labute approximate surface area is 208 Å². The third-order valence-electron chi connectivity index (χ3n) is 4.76. The Bertz CT molecular complexity index is 1210. The van der Waals surface area contributed by atoms with E-state index in [2.05, 4.69) is 9.69 Å². The molecule has 0 aliphatic heterocycles. The molecule has 184 valence electrons. The van der Waals surface area contributed by atoms with Crippen LogP contribution >= 0.6 is 22.9 Å². The summed E-state index contributed by atoms with van der Waals surface area (Å²) in [6.07, 6.45) is 0. The number of nitrogens with one attached hydrogen (secondary N) is 1. The van der Waals surface area contributed by atoms with Crippen LogP contribution in [0.2, 0.25) is 0 Å². The number of carbonyl (C=O) groups is 4. The lowest BCUT2D eigenvalue weighted by atomic mass is 10.1. The van der Waals surface area contributed by atoms with Crippen molar-refractivity contribution in [3.63, 3.8) is 0 Å². The molecule has 0 unspecified atom stereocenters. The molecule has 3 amide bonds. The number of hydrogen-bond donors (Lipinski definition) is 3. The highest BCUT2D eigenvalue weighted by molar-refractivity contribution is 7.10. The molecule has 0 saturated carbocycles. The maximum Gasteiger partial charge on any atom is 0.325 e. The average molecular weight is 518 g/mol. The number of benzene rings is 1. The first-order valence-electron chi connectivity index (χ1n) is 10.3. The number of hydrogen-bond acceptors (Lipinski definition) is 10. The van der Waals surface area contributed by atoms with E-state index < -0.39 is 29.7 Å². The van der Waals surface area contributed by atoms with Crippen molar-refractivity contribution < 1.29 is 28.7 Å². The van der Waals surface area contributed by atoms with E-state index in [9.17, 15) is 19.2 Å². The van der Waals surface area contributed by atoms with Crippen molar-refractivity contribution in [2.24, 2.45) is 5.73 Å². The van der Waals surface area contributed by atoms with Crippen molar-refractivity contribution in [2.75, 3.05) is 30.9 Å². The smallest absolute Gasteiger partial charge is 0.325 e. The molecule has 3 aromatic rings. The van der Waals surface area contributed by atoms with E-state index >= 15 is 0 Å². The quantitative estimate of drug-likeness (QED) is 0.343. The molecule has 3 rings (SSSR count). The number of methoxy groups -OCH3 is 1. The van der Waals surface area contributed by atoms with E-state index in [1.165, 1.54) is 23.3 Å². The number of anilines is 2. The first-order valence-corrected chi connectivity index (χ1v) is 11.9. The molecule has 0 radical (unpaired) electrons. The fraction of sp³-hybridized carbons (Fsp3) is 0.227. The first kappa shape index (κ1) is 25.6. The Kier molecular flexibility index (Phi) is 8.39. The molecular formula is C22H23N5O6S2. The molecule has 1 atom stereocenters. The van der Waals surface area contributed by atoms with Crippen LogP contribution in [0.25, 0.3) is 0 Å². The van der Waals surface area contributed by atoms with Crippen molar-refractivity contribution >= 4 is 57.9 Å². The van der Waals surface area contributed by atoms with Crippen molar-refractivity contribution in [1.82, 2.24) is 9.69 Å². The number of thiophene rings is 1. The highest BCUT2D eigenvalue weighted by Gasteiger charge is 2.36. The highest BCUT2D eigenvalue weighted by Crippen LogP contribution is 2.35. The molecule has 11 nitrogen and oxygen atoms in total. The second kappa shape index (κ2) is 11.4. The van der Waals surface area contributed by atoms with Crippen LogP contribution in [0.1, 0.15) is 38.0 Å². The van der Waals surface area contributed by atoms with Gasteiger partial charge in [0.25, 0.3) is 11.8 Å². The van der Waals surface area contributed by atoms with Gasteiger partial charge in [-0.15, -0.1) is 11.3 Å². The summed E-state index contributed by atoms with van der Waals surface area (Å²) in [4.78, 5) is 52.3. The highest BCUT2D eigenvalue weighted by atomic mass is 32.1. The van der Waals surface area contributed by atoms with Crippen molar-refractivity contribution in [3.05, 3.63) is 57.2 Å². The van der Waals surface area contributed by atoms with Crippen LogP contribution in [-0.4, -0.2) is 48.3 Å². The average Bonchev–Trinajstić information content (AvgIpc) is 3.51. The van der Waals surface area contributed by atoms with Gasteiger partial charge < -0.3 is 26.3 Å². The van der Waals surface area contributed by atoms with Gasteiger partial charge in [0.05, 0.1) is 19.4 Å².